The second kappa shape index (κ2) is 7.41. The molecule has 9 nitrogen and oxygen atoms in total. The number of fused-ring (bicyclic) bond motifs is 5. The number of ether oxygens (including phenoxy) is 2. The molecule has 3 heterocycles. The van der Waals surface area contributed by atoms with Gasteiger partial charge in [0.25, 0.3) is 0 Å². The number of aliphatic hydroxyl groups is 1. The third kappa shape index (κ3) is 3.90. The van der Waals surface area contributed by atoms with E-state index in [0.29, 0.717) is 24.3 Å². The molecule has 27 heavy (non-hydrogen) atoms. The summed E-state index contributed by atoms with van der Waals surface area (Å²) in [6.07, 6.45) is 2.34. The van der Waals surface area contributed by atoms with Crippen LogP contribution in [0, 0.1) is 15.3 Å². The summed E-state index contributed by atoms with van der Waals surface area (Å²) in [5.74, 6) is -0.908. The van der Waals surface area contributed by atoms with Crippen molar-refractivity contribution in [3.8, 4) is 0 Å². The average Bonchev–Trinajstić information content (AvgIpc) is 3.34. The number of hydrogen-bond acceptors (Lipinski definition) is 7. The molecule has 2 bridgehead atoms. The zero-order chi connectivity index (χ0) is 19.8. The number of aliphatic hydroxyl groups excluding tert-OH is 1. The molecule has 4 rings (SSSR count). The van der Waals surface area contributed by atoms with Gasteiger partial charge < -0.3 is 34.4 Å². The van der Waals surface area contributed by atoms with Crippen molar-refractivity contribution in [3.05, 3.63) is 51.2 Å². The summed E-state index contributed by atoms with van der Waals surface area (Å²) in [4.78, 5) is 20.8. The number of quaternary nitrogens is 1. The normalized spacial score (nSPS) is 33.1. The third-order valence-electron chi connectivity index (χ3n) is 5.99. The molecule has 1 aromatic carbocycles. The van der Waals surface area contributed by atoms with Crippen molar-refractivity contribution in [3.63, 3.8) is 0 Å². The quantitative estimate of drug-likeness (QED) is 0.269. The first-order valence-corrected chi connectivity index (χ1v) is 8.92. The maximum absolute atomic E-state index is 12.5. The largest absolute Gasteiger partial charge is 0.461 e. The molecule has 9 heteroatoms. The first-order chi connectivity index (χ1) is 12.8. The molecule has 3 aliphatic heterocycles. The minimum Gasteiger partial charge on any atom is -0.461 e. The van der Waals surface area contributed by atoms with Crippen molar-refractivity contribution in [2.45, 2.75) is 49.2 Å². The Bertz CT molecular complexity index is 672. The van der Waals surface area contributed by atoms with Crippen LogP contribution in [0.2, 0.25) is 0 Å². The topological polar surface area (TPSA) is 125 Å². The number of nitrogens with zero attached hydrogens (tertiary/aromatic N) is 2. The zero-order valence-corrected chi connectivity index (χ0v) is 15.3. The van der Waals surface area contributed by atoms with E-state index in [1.54, 1.807) is 0 Å². The highest BCUT2D eigenvalue weighted by atomic mass is 16.9. The van der Waals surface area contributed by atoms with E-state index in [2.05, 4.69) is 14.1 Å². The SMILES string of the molecule is C[N+]1(C)C2CC(OC(=O)C(CO)c3ccccc3)CC1C1OC12.O=[N+]([O-])[O-]. The summed E-state index contributed by atoms with van der Waals surface area (Å²) in [5.41, 5.74) is 0.807. The molecule has 148 valence electrons. The number of epoxide rings is 1. The number of morpholine rings is 1. The molecule has 5 unspecified atom stereocenters. The fourth-order valence-corrected chi connectivity index (χ4v) is 4.55. The molecule has 3 fully saturated rings. The van der Waals surface area contributed by atoms with Gasteiger partial charge >= 0.3 is 5.97 Å². The standard InChI is InChI=1S/C18H24NO4.NO3/c1-19(2)14-8-12(9-15(19)17-16(14)23-17)22-18(21)13(10-20)11-6-4-3-5-7-11;2-1(3)4/h3-7,12-17,20H,8-10H2,1-2H3;/q+1;-1. The summed E-state index contributed by atoms with van der Waals surface area (Å²) < 4.78 is 12.5. The lowest BCUT2D eigenvalue weighted by molar-refractivity contribution is -0.938. The predicted octanol–water partition coefficient (Wildman–Crippen LogP) is 0.824. The summed E-state index contributed by atoms with van der Waals surface area (Å²) >= 11 is 0. The van der Waals surface area contributed by atoms with E-state index in [9.17, 15) is 9.90 Å². The average molecular weight is 380 g/mol. The Hall–Kier alpha value is -2.23. The molecule has 0 amide bonds. The minimum atomic E-state index is -1.75. The lowest BCUT2D eigenvalue weighted by atomic mass is 9.95. The molecule has 0 radical (unpaired) electrons. The van der Waals surface area contributed by atoms with E-state index in [-0.39, 0.29) is 18.7 Å². The van der Waals surface area contributed by atoms with Crippen molar-refractivity contribution in [2.24, 2.45) is 0 Å². The number of hydrogen-bond donors (Lipinski definition) is 1. The fourth-order valence-electron chi connectivity index (χ4n) is 4.55. The fraction of sp³-hybridized carbons (Fsp3) is 0.611. The second-order valence-corrected chi connectivity index (χ2v) is 7.73. The summed E-state index contributed by atoms with van der Waals surface area (Å²) in [6, 6.07) is 10.2. The number of benzene rings is 1. The molecule has 0 aliphatic carbocycles. The van der Waals surface area contributed by atoms with Crippen LogP contribution >= 0.6 is 0 Å². The van der Waals surface area contributed by atoms with Crippen molar-refractivity contribution in [1.29, 1.82) is 0 Å². The molecule has 0 aromatic heterocycles. The van der Waals surface area contributed by atoms with Crippen LogP contribution in [0.3, 0.4) is 0 Å². The van der Waals surface area contributed by atoms with Crippen LogP contribution in [0.4, 0.5) is 0 Å². The molecular weight excluding hydrogens is 356 g/mol. The number of piperidine rings is 1. The van der Waals surface area contributed by atoms with E-state index in [4.69, 9.17) is 24.8 Å². The number of likely N-dealkylation sites (N-methyl/N-ethyl adjacent to an activating group) is 1. The smallest absolute Gasteiger partial charge is 0.316 e. The van der Waals surface area contributed by atoms with Crippen LogP contribution in [0.1, 0.15) is 24.3 Å². The van der Waals surface area contributed by atoms with E-state index in [1.807, 2.05) is 30.3 Å². The van der Waals surface area contributed by atoms with Crippen LogP contribution < -0.4 is 0 Å². The minimum absolute atomic E-state index is 0.0576. The van der Waals surface area contributed by atoms with Crippen LogP contribution in [-0.2, 0) is 14.3 Å². The predicted molar refractivity (Wildman–Crippen MR) is 94.1 cm³/mol. The molecule has 5 atom stereocenters. The lowest BCUT2D eigenvalue weighted by Gasteiger charge is -2.45. The Morgan fingerprint density at radius 2 is 1.78 bits per heavy atom. The molecule has 3 aliphatic rings. The van der Waals surface area contributed by atoms with Gasteiger partial charge in [0.1, 0.15) is 36.3 Å². The second-order valence-electron chi connectivity index (χ2n) is 7.73. The lowest BCUT2D eigenvalue weighted by Crippen LogP contribution is -2.60. The number of carbonyl (C=O) groups is 1. The van der Waals surface area contributed by atoms with E-state index >= 15 is 0 Å². The van der Waals surface area contributed by atoms with Crippen molar-refractivity contribution in [2.75, 3.05) is 20.7 Å². The van der Waals surface area contributed by atoms with Gasteiger partial charge in [-0.15, -0.1) is 0 Å². The first kappa shape index (κ1) is 19.5. The van der Waals surface area contributed by atoms with Gasteiger partial charge in [-0.2, -0.15) is 0 Å². The number of carbonyl (C=O) groups excluding carboxylic acids is 1. The Labute approximate surface area is 156 Å². The highest BCUT2D eigenvalue weighted by Crippen LogP contribution is 2.51. The maximum atomic E-state index is 12.5. The van der Waals surface area contributed by atoms with Crippen molar-refractivity contribution in [1.82, 2.24) is 0 Å². The summed E-state index contributed by atoms with van der Waals surface area (Å²) in [6.45, 7) is -0.224. The van der Waals surface area contributed by atoms with E-state index in [0.717, 1.165) is 22.9 Å². The molecule has 3 saturated heterocycles. The van der Waals surface area contributed by atoms with Crippen molar-refractivity contribution < 1.29 is 28.9 Å². The monoisotopic (exact) mass is 380 g/mol. The van der Waals surface area contributed by atoms with Crippen molar-refractivity contribution >= 4 is 5.97 Å². The van der Waals surface area contributed by atoms with Gasteiger partial charge in [-0.25, -0.2) is 0 Å². The van der Waals surface area contributed by atoms with Gasteiger partial charge in [0.2, 0.25) is 0 Å². The van der Waals surface area contributed by atoms with Gasteiger partial charge in [0.15, 0.2) is 0 Å². The zero-order valence-electron chi connectivity index (χ0n) is 15.3. The Morgan fingerprint density at radius 3 is 2.26 bits per heavy atom. The Balaban J connectivity index is 0.000000481. The molecule has 0 spiro atoms. The summed E-state index contributed by atoms with van der Waals surface area (Å²) in [7, 11) is 4.51. The highest BCUT2D eigenvalue weighted by Gasteiger charge is 2.70. The van der Waals surface area contributed by atoms with E-state index < -0.39 is 11.0 Å². The first-order valence-electron chi connectivity index (χ1n) is 8.92. The molecule has 1 N–H and O–H groups in total. The molecule has 1 aromatic rings. The maximum Gasteiger partial charge on any atom is 0.316 e. The van der Waals surface area contributed by atoms with Crippen LogP contribution in [0.25, 0.3) is 0 Å². The molecular formula is C18H24N2O7. The van der Waals surface area contributed by atoms with Gasteiger partial charge in [-0.05, 0) is 5.56 Å². The number of rotatable bonds is 4. The highest BCUT2D eigenvalue weighted by molar-refractivity contribution is 5.78. The van der Waals surface area contributed by atoms with Crippen LogP contribution in [0.15, 0.2) is 30.3 Å². The van der Waals surface area contributed by atoms with Gasteiger partial charge in [-0.3, -0.25) is 4.79 Å². The number of esters is 1. The molecule has 0 saturated carbocycles. The third-order valence-corrected chi connectivity index (χ3v) is 5.99. The van der Waals surface area contributed by atoms with Gasteiger partial charge in [0, 0.05) is 12.8 Å². The Kier molecular flexibility index (Phi) is 5.36. The van der Waals surface area contributed by atoms with Gasteiger partial charge in [-0.1, -0.05) is 30.3 Å². The summed E-state index contributed by atoms with van der Waals surface area (Å²) in [5, 5.41) is 24.4. The van der Waals surface area contributed by atoms with Crippen LogP contribution in [0.5, 0.6) is 0 Å². The van der Waals surface area contributed by atoms with Crippen LogP contribution in [-0.4, -0.2) is 71.7 Å². The van der Waals surface area contributed by atoms with Gasteiger partial charge in [0.05, 0.1) is 25.8 Å². The Morgan fingerprint density at radius 1 is 1.26 bits per heavy atom. The van der Waals surface area contributed by atoms with E-state index in [1.165, 1.54) is 0 Å².